The van der Waals surface area contributed by atoms with Crippen molar-refractivity contribution in [2.75, 3.05) is 14.2 Å². The van der Waals surface area contributed by atoms with Crippen LogP contribution < -0.4 is 4.74 Å². The summed E-state index contributed by atoms with van der Waals surface area (Å²) in [5.41, 5.74) is 3.42. The Labute approximate surface area is 251 Å². The molecule has 0 aliphatic heterocycles. The molecule has 2 heterocycles. The molecular weight excluding hydrogens is 584 g/mol. The van der Waals surface area contributed by atoms with Gasteiger partial charge in [0.15, 0.2) is 0 Å². The Morgan fingerprint density at radius 1 is 1.05 bits per heavy atom. The molecule has 5 rings (SSSR count). The molecular formula is C31H30ClF2N3O4S. The number of fused-ring (bicyclic) bond motifs is 1. The lowest BCUT2D eigenvalue weighted by Gasteiger charge is -2.39. The summed E-state index contributed by atoms with van der Waals surface area (Å²) in [5.74, 6) is -1.21. The van der Waals surface area contributed by atoms with E-state index in [-0.39, 0.29) is 38.6 Å². The number of thiophene rings is 1. The van der Waals surface area contributed by atoms with Gasteiger partial charge in [0.2, 0.25) is 0 Å². The molecule has 0 spiro atoms. The number of hydrogen-bond donors (Lipinski definition) is 1. The number of hydrogen-bond acceptors (Lipinski definition) is 5. The minimum Gasteiger partial charge on any atom is -0.496 e. The molecule has 0 bridgehead atoms. The van der Waals surface area contributed by atoms with Crippen LogP contribution in [0.2, 0.25) is 5.02 Å². The van der Waals surface area contributed by atoms with Gasteiger partial charge in [-0.15, -0.1) is 11.3 Å². The second-order valence-corrected chi connectivity index (χ2v) is 11.9. The molecule has 1 saturated carbocycles. The number of nitrogens with zero attached hydrogens (tertiary/aromatic N) is 3. The first-order valence-corrected chi connectivity index (χ1v) is 14.7. The number of amides is 2. The summed E-state index contributed by atoms with van der Waals surface area (Å²) in [6.45, 7) is 2.06. The standard InChI is InChI=1S/C31H30ClF2N3O4S/c1-17-4-5-19(15-35-17)18-6-13-25(41-3)20(14-18)16-37(22-9-7-21(8-10-22)36(2)31(39)40)30(38)29-27(32)26-23(33)11-12-24(34)28(26)42-29/h4-6,11-15,21-22H,7-10,16H2,1-3H3,(H,39,40). The molecule has 0 radical (unpaired) electrons. The van der Waals surface area contributed by atoms with Gasteiger partial charge >= 0.3 is 6.09 Å². The molecule has 0 saturated heterocycles. The van der Waals surface area contributed by atoms with E-state index in [2.05, 4.69) is 4.98 Å². The molecule has 2 aromatic carbocycles. The zero-order chi connectivity index (χ0) is 30.1. The number of benzene rings is 2. The van der Waals surface area contributed by atoms with Crippen LogP contribution in [0.3, 0.4) is 0 Å². The zero-order valence-corrected chi connectivity index (χ0v) is 24.9. The minimum atomic E-state index is -1.00. The highest BCUT2D eigenvalue weighted by atomic mass is 35.5. The number of halogens is 3. The Kier molecular flexibility index (Phi) is 8.65. The first-order chi connectivity index (χ1) is 20.1. The van der Waals surface area contributed by atoms with E-state index in [4.69, 9.17) is 16.3 Å². The molecule has 4 aromatic rings. The van der Waals surface area contributed by atoms with E-state index in [1.165, 1.54) is 4.90 Å². The van der Waals surface area contributed by atoms with Crippen LogP contribution in [0.5, 0.6) is 5.75 Å². The maximum Gasteiger partial charge on any atom is 0.407 e. The number of aromatic nitrogens is 1. The molecule has 2 aromatic heterocycles. The van der Waals surface area contributed by atoms with Crippen LogP contribution in [0.25, 0.3) is 21.2 Å². The SMILES string of the molecule is COc1ccc(-c2ccc(C)nc2)cc1CN(C(=O)c1sc2c(F)ccc(F)c2c1Cl)C1CCC(N(C)C(=O)O)CC1. The second-order valence-electron chi connectivity index (χ2n) is 10.5. The molecule has 1 aliphatic carbocycles. The van der Waals surface area contributed by atoms with Crippen molar-refractivity contribution >= 4 is 45.0 Å². The quantitative estimate of drug-likeness (QED) is 0.230. The lowest BCUT2D eigenvalue weighted by atomic mass is 9.89. The molecule has 11 heteroatoms. The Balaban J connectivity index is 1.54. The molecule has 0 atom stereocenters. The monoisotopic (exact) mass is 613 g/mol. The number of aryl methyl sites for hydroxylation is 1. The van der Waals surface area contributed by atoms with Gasteiger partial charge in [-0.2, -0.15) is 0 Å². The van der Waals surface area contributed by atoms with Crippen LogP contribution in [-0.4, -0.2) is 58.1 Å². The third-order valence-electron chi connectivity index (χ3n) is 7.96. The van der Waals surface area contributed by atoms with Gasteiger partial charge in [-0.05, 0) is 68.5 Å². The number of ether oxygens (including phenoxy) is 1. The van der Waals surface area contributed by atoms with Gasteiger partial charge in [0.1, 0.15) is 22.3 Å². The van der Waals surface area contributed by atoms with Gasteiger partial charge in [-0.25, -0.2) is 13.6 Å². The Hall–Kier alpha value is -3.76. The van der Waals surface area contributed by atoms with Crippen molar-refractivity contribution < 1.29 is 28.2 Å². The molecule has 2 amide bonds. The number of carbonyl (C=O) groups is 2. The summed E-state index contributed by atoms with van der Waals surface area (Å²) in [7, 11) is 3.10. The van der Waals surface area contributed by atoms with E-state index in [0.29, 0.717) is 31.4 Å². The maximum atomic E-state index is 14.7. The van der Waals surface area contributed by atoms with Crippen LogP contribution in [-0.2, 0) is 6.54 Å². The van der Waals surface area contributed by atoms with Gasteiger partial charge in [0.05, 0.1) is 22.2 Å². The normalized spacial score (nSPS) is 16.8. The fourth-order valence-corrected chi connectivity index (χ4v) is 7.05. The van der Waals surface area contributed by atoms with Gasteiger partial charge in [0, 0.05) is 48.7 Å². The molecule has 1 fully saturated rings. The first kappa shape index (κ1) is 29.7. The predicted octanol–water partition coefficient (Wildman–Crippen LogP) is 7.78. The van der Waals surface area contributed by atoms with Crippen molar-refractivity contribution in [3.63, 3.8) is 0 Å². The Bertz CT molecular complexity index is 1640. The van der Waals surface area contributed by atoms with Gasteiger partial charge in [-0.3, -0.25) is 9.78 Å². The molecule has 7 nitrogen and oxygen atoms in total. The van der Waals surface area contributed by atoms with Crippen LogP contribution in [0, 0.1) is 18.6 Å². The average molecular weight is 614 g/mol. The Morgan fingerprint density at radius 2 is 1.71 bits per heavy atom. The number of methoxy groups -OCH3 is 1. The number of pyridine rings is 1. The number of rotatable bonds is 7. The third kappa shape index (κ3) is 5.78. The lowest BCUT2D eigenvalue weighted by Crippen LogP contribution is -2.46. The summed E-state index contributed by atoms with van der Waals surface area (Å²) < 4.78 is 34.9. The summed E-state index contributed by atoms with van der Waals surface area (Å²) in [6.07, 6.45) is 3.00. The highest BCUT2D eigenvalue weighted by Gasteiger charge is 2.34. The van der Waals surface area contributed by atoms with Crippen LogP contribution in [0.1, 0.15) is 46.6 Å². The van der Waals surface area contributed by atoms with Gasteiger partial charge in [0.25, 0.3) is 5.91 Å². The second kappa shape index (κ2) is 12.2. The molecule has 0 unspecified atom stereocenters. The smallest absolute Gasteiger partial charge is 0.407 e. The minimum absolute atomic E-state index is 0.0125. The lowest BCUT2D eigenvalue weighted by molar-refractivity contribution is 0.0555. The highest BCUT2D eigenvalue weighted by Crippen LogP contribution is 2.41. The summed E-state index contributed by atoms with van der Waals surface area (Å²) in [4.78, 5) is 33.2. The zero-order valence-electron chi connectivity index (χ0n) is 23.4. The van der Waals surface area contributed by atoms with E-state index in [1.54, 1.807) is 25.3 Å². The number of carbonyl (C=O) groups excluding carboxylic acids is 1. The maximum absolute atomic E-state index is 14.7. The van der Waals surface area contributed by atoms with E-state index in [0.717, 1.165) is 45.9 Å². The number of carboxylic acid groups (broad SMARTS) is 1. The van der Waals surface area contributed by atoms with Crippen molar-refractivity contribution in [3.05, 3.63) is 81.5 Å². The highest BCUT2D eigenvalue weighted by molar-refractivity contribution is 7.21. The fourth-order valence-electron chi connectivity index (χ4n) is 5.55. The average Bonchev–Trinajstić information content (AvgIpc) is 3.35. The van der Waals surface area contributed by atoms with Crippen molar-refractivity contribution in [2.24, 2.45) is 0 Å². The van der Waals surface area contributed by atoms with Crippen molar-refractivity contribution in [1.82, 2.24) is 14.8 Å². The van der Waals surface area contributed by atoms with E-state index in [9.17, 15) is 23.5 Å². The van der Waals surface area contributed by atoms with E-state index < -0.39 is 23.6 Å². The van der Waals surface area contributed by atoms with Gasteiger partial charge < -0.3 is 19.6 Å². The topological polar surface area (TPSA) is 83.0 Å². The predicted molar refractivity (Wildman–Crippen MR) is 159 cm³/mol. The van der Waals surface area contributed by atoms with Crippen molar-refractivity contribution in [2.45, 2.75) is 51.2 Å². The van der Waals surface area contributed by atoms with Crippen LogP contribution >= 0.6 is 22.9 Å². The third-order valence-corrected chi connectivity index (χ3v) is 9.64. The fraction of sp³-hybridized carbons (Fsp3) is 0.323. The summed E-state index contributed by atoms with van der Waals surface area (Å²) >= 11 is 7.38. The summed E-state index contributed by atoms with van der Waals surface area (Å²) in [5, 5.41) is 9.22. The van der Waals surface area contributed by atoms with E-state index in [1.807, 2.05) is 37.3 Å². The molecule has 1 aliphatic rings. The van der Waals surface area contributed by atoms with Crippen molar-refractivity contribution in [1.29, 1.82) is 0 Å². The molecule has 1 N–H and O–H groups in total. The van der Waals surface area contributed by atoms with Crippen LogP contribution in [0.4, 0.5) is 13.6 Å². The molecule has 42 heavy (non-hydrogen) atoms. The van der Waals surface area contributed by atoms with Crippen molar-refractivity contribution in [3.8, 4) is 16.9 Å². The first-order valence-electron chi connectivity index (χ1n) is 13.5. The van der Waals surface area contributed by atoms with Crippen LogP contribution in [0.15, 0.2) is 48.7 Å². The molecule has 220 valence electrons. The van der Waals surface area contributed by atoms with E-state index >= 15 is 0 Å². The Morgan fingerprint density at radius 3 is 2.33 bits per heavy atom. The van der Waals surface area contributed by atoms with Gasteiger partial charge in [-0.1, -0.05) is 23.7 Å². The summed E-state index contributed by atoms with van der Waals surface area (Å²) in [6, 6.07) is 11.2. The largest absolute Gasteiger partial charge is 0.496 e.